The van der Waals surface area contributed by atoms with Crippen molar-refractivity contribution in [2.45, 2.75) is 0 Å². The third-order valence-electron chi connectivity index (χ3n) is 2.45. The summed E-state index contributed by atoms with van der Waals surface area (Å²) in [5.74, 6) is 0.302. The molecule has 0 amide bonds. The van der Waals surface area contributed by atoms with Gasteiger partial charge in [0.05, 0.1) is 20.5 Å². The van der Waals surface area contributed by atoms with Crippen molar-refractivity contribution in [3.8, 4) is 16.9 Å². The molecule has 0 unspecified atom stereocenters. The second-order valence-corrected chi connectivity index (χ2v) is 3.42. The Morgan fingerprint density at radius 2 is 2.06 bits per heavy atom. The number of hydrogen-bond acceptors (Lipinski definition) is 4. The van der Waals surface area contributed by atoms with E-state index in [0.717, 1.165) is 11.3 Å². The van der Waals surface area contributed by atoms with Crippen LogP contribution >= 0.6 is 0 Å². The molecule has 0 saturated heterocycles. The first-order valence-corrected chi connectivity index (χ1v) is 5.05. The third-order valence-corrected chi connectivity index (χ3v) is 2.45. The van der Waals surface area contributed by atoms with E-state index in [1.807, 2.05) is 24.3 Å². The summed E-state index contributed by atoms with van der Waals surface area (Å²) in [5, 5.41) is 0. The summed E-state index contributed by atoms with van der Waals surface area (Å²) in [5.41, 5.74) is 1.94. The van der Waals surface area contributed by atoms with Crippen LogP contribution in [0.5, 0.6) is 5.75 Å². The average molecular weight is 232 g/mol. The van der Waals surface area contributed by atoms with Crippen LogP contribution in [0.15, 0.2) is 41.2 Å². The van der Waals surface area contributed by atoms with E-state index in [9.17, 15) is 4.79 Å². The summed E-state index contributed by atoms with van der Waals surface area (Å²) < 4.78 is 14.9. The van der Waals surface area contributed by atoms with Gasteiger partial charge in [-0.2, -0.15) is 0 Å². The van der Waals surface area contributed by atoms with Crippen LogP contribution in [0.4, 0.5) is 0 Å². The highest BCUT2D eigenvalue weighted by molar-refractivity contribution is 5.96. The van der Waals surface area contributed by atoms with Gasteiger partial charge in [-0.15, -0.1) is 0 Å². The zero-order valence-electron chi connectivity index (χ0n) is 9.60. The van der Waals surface area contributed by atoms with Gasteiger partial charge >= 0.3 is 5.97 Å². The molecule has 0 bridgehead atoms. The normalized spacial score (nSPS) is 10.0. The average Bonchev–Trinajstić information content (AvgIpc) is 2.87. The Kier molecular flexibility index (Phi) is 3.14. The Balaban J connectivity index is 2.45. The first-order chi connectivity index (χ1) is 8.26. The van der Waals surface area contributed by atoms with Crippen LogP contribution in [0, 0.1) is 0 Å². The zero-order valence-corrected chi connectivity index (χ0v) is 9.60. The number of methoxy groups -OCH3 is 2. The number of carbonyl (C=O) groups is 1. The van der Waals surface area contributed by atoms with Crippen molar-refractivity contribution in [3.05, 3.63) is 42.4 Å². The molecule has 1 aromatic heterocycles. The van der Waals surface area contributed by atoms with Gasteiger partial charge in [0.25, 0.3) is 0 Å². The minimum atomic E-state index is -0.420. The van der Waals surface area contributed by atoms with E-state index in [4.69, 9.17) is 9.15 Å². The van der Waals surface area contributed by atoms with Crippen LogP contribution < -0.4 is 4.74 Å². The Hall–Kier alpha value is -2.23. The largest absolute Gasteiger partial charge is 0.497 e. The quantitative estimate of drug-likeness (QED) is 0.763. The Morgan fingerprint density at radius 3 is 2.76 bits per heavy atom. The van der Waals surface area contributed by atoms with Crippen molar-refractivity contribution in [2.24, 2.45) is 0 Å². The number of esters is 1. The first kappa shape index (κ1) is 11.3. The molecule has 0 spiro atoms. The van der Waals surface area contributed by atoms with Crippen molar-refractivity contribution in [1.29, 1.82) is 0 Å². The molecular formula is C13H12O4. The van der Waals surface area contributed by atoms with Gasteiger partial charge in [0.2, 0.25) is 0 Å². The Bertz CT molecular complexity index is 528. The van der Waals surface area contributed by atoms with Gasteiger partial charge in [-0.3, -0.25) is 0 Å². The van der Waals surface area contributed by atoms with Crippen LogP contribution in [0.1, 0.15) is 10.4 Å². The first-order valence-electron chi connectivity index (χ1n) is 5.05. The molecule has 1 aromatic carbocycles. The molecule has 4 heteroatoms. The number of hydrogen-bond donors (Lipinski definition) is 0. The lowest BCUT2D eigenvalue weighted by Crippen LogP contribution is -2.00. The molecule has 0 aliphatic heterocycles. The summed E-state index contributed by atoms with van der Waals surface area (Å²) in [4.78, 5) is 11.5. The molecule has 0 atom stereocenters. The van der Waals surface area contributed by atoms with Crippen LogP contribution in [0.25, 0.3) is 11.1 Å². The van der Waals surface area contributed by atoms with Gasteiger partial charge in [-0.1, -0.05) is 12.1 Å². The van der Waals surface area contributed by atoms with E-state index in [2.05, 4.69) is 4.74 Å². The van der Waals surface area contributed by atoms with E-state index < -0.39 is 5.97 Å². The molecular weight excluding hydrogens is 220 g/mol. The van der Waals surface area contributed by atoms with Gasteiger partial charge in [0, 0.05) is 5.56 Å². The highest BCUT2D eigenvalue weighted by atomic mass is 16.5. The highest BCUT2D eigenvalue weighted by Gasteiger charge is 2.15. The molecule has 2 rings (SSSR count). The molecule has 0 aliphatic carbocycles. The van der Waals surface area contributed by atoms with Crippen molar-refractivity contribution in [2.75, 3.05) is 14.2 Å². The molecule has 88 valence electrons. The molecule has 2 aromatic rings. The minimum absolute atomic E-state index is 0.403. The third kappa shape index (κ3) is 2.15. The van der Waals surface area contributed by atoms with E-state index in [1.165, 1.54) is 19.6 Å². The van der Waals surface area contributed by atoms with Gasteiger partial charge < -0.3 is 13.9 Å². The second kappa shape index (κ2) is 4.74. The topological polar surface area (TPSA) is 48.7 Å². The van der Waals surface area contributed by atoms with Crippen molar-refractivity contribution in [3.63, 3.8) is 0 Å². The van der Waals surface area contributed by atoms with Gasteiger partial charge in [-0.25, -0.2) is 4.79 Å². The fourth-order valence-corrected chi connectivity index (χ4v) is 1.58. The molecule has 0 fully saturated rings. The molecule has 1 heterocycles. The second-order valence-electron chi connectivity index (χ2n) is 3.42. The predicted molar refractivity (Wildman–Crippen MR) is 62.0 cm³/mol. The summed E-state index contributed by atoms with van der Waals surface area (Å²) in [6.45, 7) is 0. The lowest BCUT2D eigenvalue weighted by molar-refractivity contribution is 0.0600. The van der Waals surface area contributed by atoms with Crippen LogP contribution in [-0.4, -0.2) is 20.2 Å². The number of furan rings is 1. The van der Waals surface area contributed by atoms with Crippen molar-refractivity contribution in [1.82, 2.24) is 0 Å². The maximum atomic E-state index is 11.5. The SMILES string of the molecule is COC(=O)c1cocc1-c1cccc(OC)c1. The van der Waals surface area contributed by atoms with Crippen LogP contribution in [-0.2, 0) is 4.74 Å². The van der Waals surface area contributed by atoms with E-state index in [-0.39, 0.29) is 0 Å². The molecule has 17 heavy (non-hydrogen) atoms. The zero-order chi connectivity index (χ0) is 12.3. The fraction of sp³-hybridized carbons (Fsp3) is 0.154. The standard InChI is InChI=1S/C13H12O4/c1-15-10-5-3-4-9(6-10)11-7-17-8-12(11)13(14)16-2/h3-8H,1-2H3. The van der Waals surface area contributed by atoms with Crippen LogP contribution in [0.3, 0.4) is 0 Å². The Labute approximate surface area is 98.8 Å². The molecule has 0 radical (unpaired) electrons. The van der Waals surface area contributed by atoms with Gasteiger partial charge in [-0.05, 0) is 17.7 Å². The van der Waals surface area contributed by atoms with Crippen LogP contribution in [0.2, 0.25) is 0 Å². The minimum Gasteiger partial charge on any atom is -0.497 e. The lowest BCUT2D eigenvalue weighted by Gasteiger charge is -2.04. The number of ether oxygens (including phenoxy) is 2. The van der Waals surface area contributed by atoms with E-state index >= 15 is 0 Å². The summed E-state index contributed by atoms with van der Waals surface area (Å²) in [6, 6.07) is 7.39. The molecule has 0 N–H and O–H groups in total. The van der Waals surface area contributed by atoms with Crippen molar-refractivity contribution < 1.29 is 18.7 Å². The maximum absolute atomic E-state index is 11.5. The smallest absolute Gasteiger partial charge is 0.341 e. The van der Waals surface area contributed by atoms with Gasteiger partial charge in [0.1, 0.15) is 17.6 Å². The summed E-state index contributed by atoms with van der Waals surface area (Å²) in [7, 11) is 2.93. The lowest BCUT2D eigenvalue weighted by atomic mass is 10.0. The number of benzene rings is 1. The Morgan fingerprint density at radius 1 is 1.24 bits per heavy atom. The molecule has 0 saturated carbocycles. The fourth-order valence-electron chi connectivity index (χ4n) is 1.58. The highest BCUT2D eigenvalue weighted by Crippen LogP contribution is 2.28. The maximum Gasteiger partial charge on any atom is 0.341 e. The van der Waals surface area contributed by atoms with E-state index in [1.54, 1.807) is 7.11 Å². The van der Waals surface area contributed by atoms with Gasteiger partial charge in [0.15, 0.2) is 0 Å². The van der Waals surface area contributed by atoms with Crippen molar-refractivity contribution >= 4 is 5.97 Å². The number of carbonyl (C=O) groups excluding carboxylic acids is 1. The number of rotatable bonds is 3. The molecule has 4 nitrogen and oxygen atoms in total. The summed E-state index contributed by atoms with van der Waals surface area (Å²) >= 11 is 0. The predicted octanol–water partition coefficient (Wildman–Crippen LogP) is 2.74. The van der Waals surface area contributed by atoms with E-state index in [0.29, 0.717) is 11.1 Å². The summed E-state index contributed by atoms with van der Waals surface area (Å²) in [6.07, 6.45) is 2.89. The molecule has 0 aliphatic rings. The monoisotopic (exact) mass is 232 g/mol.